The molecule has 0 spiro atoms. The predicted molar refractivity (Wildman–Crippen MR) is 75.3 cm³/mol. The van der Waals surface area contributed by atoms with E-state index in [2.05, 4.69) is 15.6 Å². The molecule has 2 aromatic rings. The van der Waals surface area contributed by atoms with Crippen LogP contribution in [0.5, 0.6) is 0 Å². The predicted octanol–water partition coefficient (Wildman–Crippen LogP) is 2.15. The molecular formula is C13H14ClFN4O2. The van der Waals surface area contributed by atoms with Crippen LogP contribution in [0.15, 0.2) is 24.4 Å². The molecule has 0 bridgehead atoms. The van der Waals surface area contributed by atoms with Crippen molar-refractivity contribution in [2.24, 2.45) is 0 Å². The SMILES string of the molecule is CCC(O)c1cn(CC(=O)Nc2ccc(F)cc2Cl)nn1. The number of rotatable bonds is 5. The molecule has 0 aliphatic heterocycles. The maximum atomic E-state index is 12.9. The lowest BCUT2D eigenvalue weighted by Gasteiger charge is -2.07. The van der Waals surface area contributed by atoms with E-state index in [4.69, 9.17) is 11.6 Å². The van der Waals surface area contributed by atoms with Gasteiger partial charge in [-0.15, -0.1) is 5.10 Å². The van der Waals surface area contributed by atoms with Gasteiger partial charge in [-0.05, 0) is 24.6 Å². The van der Waals surface area contributed by atoms with Crippen molar-refractivity contribution in [2.45, 2.75) is 26.0 Å². The Morgan fingerprint density at radius 1 is 1.57 bits per heavy atom. The third-order valence-corrected chi connectivity index (χ3v) is 3.11. The Morgan fingerprint density at radius 3 is 3.00 bits per heavy atom. The van der Waals surface area contributed by atoms with Crippen LogP contribution in [0, 0.1) is 5.82 Å². The molecule has 1 aromatic heterocycles. The molecule has 0 saturated carbocycles. The van der Waals surface area contributed by atoms with Crippen LogP contribution in [0.1, 0.15) is 25.1 Å². The maximum absolute atomic E-state index is 12.9. The number of hydrogen-bond donors (Lipinski definition) is 2. The first-order chi connectivity index (χ1) is 9.99. The van der Waals surface area contributed by atoms with Crippen molar-refractivity contribution in [3.8, 4) is 0 Å². The van der Waals surface area contributed by atoms with E-state index in [1.165, 1.54) is 23.0 Å². The number of anilines is 1. The molecule has 0 saturated heterocycles. The van der Waals surface area contributed by atoms with Gasteiger partial charge in [0.2, 0.25) is 5.91 Å². The molecule has 2 N–H and O–H groups in total. The number of nitrogens with one attached hydrogen (secondary N) is 1. The quantitative estimate of drug-likeness (QED) is 0.886. The van der Waals surface area contributed by atoms with Gasteiger partial charge in [0.15, 0.2) is 0 Å². The molecule has 0 aliphatic carbocycles. The Labute approximate surface area is 125 Å². The van der Waals surface area contributed by atoms with E-state index in [-0.39, 0.29) is 17.5 Å². The number of aliphatic hydroxyl groups excluding tert-OH is 1. The standard InChI is InChI=1S/C13H14ClFN4O2/c1-2-12(20)11-6-19(18-17-11)7-13(21)16-10-4-3-8(15)5-9(10)14/h3-6,12,20H,2,7H2,1H3,(H,16,21). The average molecular weight is 313 g/mol. The van der Waals surface area contributed by atoms with E-state index < -0.39 is 11.9 Å². The fourth-order valence-electron chi connectivity index (χ4n) is 1.68. The van der Waals surface area contributed by atoms with Gasteiger partial charge in [-0.3, -0.25) is 4.79 Å². The monoisotopic (exact) mass is 312 g/mol. The van der Waals surface area contributed by atoms with E-state index in [0.29, 0.717) is 17.8 Å². The minimum Gasteiger partial charge on any atom is -0.387 e. The normalized spacial score (nSPS) is 12.2. The van der Waals surface area contributed by atoms with E-state index in [9.17, 15) is 14.3 Å². The number of aliphatic hydroxyl groups is 1. The molecule has 2 rings (SSSR count). The summed E-state index contributed by atoms with van der Waals surface area (Å²) in [5, 5.41) is 19.8. The molecule has 8 heteroatoms. The molecule has 1 amide bonds. The average Bonchev–Trinajstić information content (AvgIpc) is 2.89. The zero-order valence-electron chi connectivity index (χ0n) is 11.3. The third-order valence-electron chi connectivity index (χ3n) is 2.80. The van der Waals surface area contributed by atoms with Crippen molar-refractivity contribution in [3.63, 3.8) is 0 Å². The van der Waals surface area contributed by atoms with Crippen molar-refractivity contribution in [2.75, 3.05) is 5.32 Å². The smallest absolute Gasteiger partial charge is 0.246 e. The minimum atomic E-state index is -0.701. The van der Waals surface area contributed by atoms with E-state index in [0.717, 1.165) is 6.07 Å². The summed E-state index contributed by atoms with van der Waals surface area (Å²) in [5.74, 6) is -0.863. The Balaban J connectivity index is 2.00. The highest BCUT2D eigenvalue weighted by Gasteiger charge is 2.12. The van der Waals surface area contributed by atoms with E-state index >= 15 is 0 Å². The number of halogens is 2. The molecule has 1 unspecified atom stereocenters. The molecule has 21 heavy (non-hydrogen) atoms. The number of benzene rings is 1. The van der Waals surface area contributed by atoms with Crippen LogP contribution < -0.4 is 5.32 Å². The van der Waals surface area contributed by atoms with Gasteiger partial charge in [-0.25, -0.2) is 9.07 Å². The van der Waals surface area contributed by atoms with Crippen LogP contribution in [0.2, 0.25) is 5.02 Å². The molecule has 0 fully saturated rings. The lowest BCUT2D eigenvalue weighted by Crippen LogP contribution is -2.19. The van der Waals surface area contributed by atoms with E-state index in [1.807, 2.05) is 6.92 Å². The number of carbonyl (C=O) groups is 1. The van der Waals surface area contributed by atoms with Crippen LogP contribution in [-0.4, -0.2) is 26.0 Å². The second kappa shape index (κ2) is 6.64. The second-order valence-corrected chi connectivity index (χ2v) is 4.84. The zero-order chi connectivity index (χ0) is 15.4. The summed E-state index contributed by atoms with van der Waals surface area (Å²) in [6, 6.07) is 3.69. The first kappa shape index (κ1) is 15.4. The number of carbonyl (C=O) groups excluding carboxylic acids is 1. The van der Waals surface area contributed by atoms with Crippen molar-refractivity contribution >= 4 is 23.2 Å². The summed E-state index contributed by atoms with van der Waals surface area (Å²) < 4.78 is 14.2. The topological polar surface area (TPSA) is 80.0 Å². The van der Waals surface area contributed by atoms with Gasteiger partial charge in [0.05, 0.1) is 23.0 Å². The molecule has 1 heterocycles. The fourth-order valence-corrected chi connectivity index (χ4v) is 1.89. The number of hydrogen-bond acceptors (Lipinski definition) is 4. The van der Waals surface area contributed by atoms with Crippen molar-refractivity contribution in [3.05, 3.63) is 40.9 Å². The molecule has 1 aromatic carbocycles. The first-order valence-corrected chi connectivity index (χ1v) is 6.70. The van der Waals surface area contributed by atoms with Gasteiger partial charge in [-0.2, -0.15) is 0 Å². The Morgan fingerprint density at radius 2 is 2.33 bits per heavy atom. The van der Waals surface area contributed by atoms with Crippen LogP contribution in [0.4, 0.5) is 10.1 Å². The molecule has 1 atom stereocenters. The molecule has 6 nitrogen and oxygen atoms in total. The summed E-state index contributed by atoms with van der Waals surface area (Å²) in [6.07, 6.45) is 1.31. The first-order valence-electron chi connectivity index (χ1n) is 6.32. The third kappa shape index (κ3) is 3.99. The summed E-state index contributed by atoms with van der Waals surface area (Å²) in [7, 11) is 0. The summed E-state index contributed by atoms with van der Waals surface area (Å²) in [5.41, 5.74) is 0.724. The van der Waals surface area contributed by atoms with Gasteiger partial charge in [0, 0.05) is 0 Å². The van der Waals surface area contributed by atoms with Gasteiger partial charge in [0.25, 0.3) is 0 Å². The van der Waals surface area contributed by atoms with E-state index in [1.54, 1.807) is 0 Å². The zero-order valence-corrected chi connectivity index (χ0v) is 12.0. The van der Waals surface area contributed by atoms with Crippen LogP contribution in [-0.2, 0) is 11.3 Å². The number of aromatic nitrogens is 3. The fraction of sp³-hybridized carbons (Fsp3) is 0.308. The van der Waals surface area contributed by atoms with Crippen LogP contribution >= 0.6 is 11.6 Å². The molecule has 0 aliphatic rings. The van der Waals surface area contributed by atoms with Crippen LogP contribution in [0.25, 0.3) is 0 Å². The van der Waals surface area contributed by atoms with Crippen molar-refractivity contribution < 1.29 is 14.3 Å². The van der Waals surface area contributed by atoms with Gasteiger partial charge >= 0.3 is 0 Å². The largest absolute Gasteiger partial charge is 0.387 e. The van der Waals surface area contributed by atoms with Gasteiger partial charge < -0.3 is 10.4 Å². The molecule has 0 radical (unpaired) electrons. The number of amides is 1. The Bertz CT molecular complexity index is 647. The Kier molecular flexibility index (Phi) is 4.87. The van der Waals surface area contributed by atoms with Crippen molar-refractivity contribution in [1.82, 2.24) is 15.0 Å². The highest BCUT2D eigenvalue weighted by atomic mass is 35.5. The lowest BCUT2D eigenvalue weighted by molar-refractivity contribution is -0.116. The summed E-state index contributed by atoms with van der Waals surface area (Å²) >= 11 is 5.82. The second-order valence-electron chi connectivity index (χ2n) is 4.44. The minimum absolute atomic E-state index is 0.0862. The highest BCUT2D eigenvalue weighted by Crippen LogP contribution is 2.22. The number of nitrogens with zero attached hydrogens (tertiary/aromatic N) is 3. The lowest BCUT2D eigenvalue weighted by atomic mass is 10.2. The molecule has 112 valence electrons. The Hall–Kier alpha value is -1.99. The van der Waals surface area contributed by atoms with Crippen LogP contribution in [0.3, 0.4) is 0 Å². The molecular weight excluding hydrogens is 299 g/mol. The van der Waals surface area contributed by atoms with Gasteiger partial charge in [0.1, 0.15) is 18.1 Å². The summed E-state index contributed by atoms with van der Waals surface area (Å²) in [4.78, 5) is 11.9. The van der Waals surface area contributed by atoms with Gasteiger partial charge in [-0.1, -0.05) is 23.7 Å². The highest BCUT2D eigenvalue weighted by molar-refractivity contribution is 6.33. The maximum Gasteiger partial charge on any atom is 0.246 e. The summed E-state index contributed by atoms with van der Waals surface area (Å²) in [6.45, 7) is 1.73. The van der Waals surface area contributed by atoms with Crippen molar-refractivity contribution in [1.29, 1.82) is 0 Å².